The minimum Gasteiger partial charge on any atom is -0.387 e. The number of carbonyl (C=O) groups is 1. The van der Waals surface area contributed by atoms with Crippen LogP contribution in [0.1, 0.15) is 32.4 Å². The molecule has 1 amide bonds. The van der Waals surface area contributed by atoms with Gasteiger partial charge in [-0.3, -0.25) is 4.79 Å². The average Bonchev–Trinajstić information content (AvgIpc) is 2.34. The summed E-state index contributed by atoms with van der Waals surface area (Å²) in [5, 5.41) is 15.3. The molecule has 0 heterocycles. The van der Waals surface area contributed by atoms with Gasteiger partial charge < -0.3 is 15.7 Å². The summed E-state index contributed by atoms with van der Waals surface area (Å²) in [7, 11) is 0. The normalized spacial score (nSPS) is 14.2. The molecule has 0 spiro atoms. The number of hydrogen-bond acceptors (Lipinski definition) is 3. The first-order chi connectivity index (χ1) is 9.32. The molecule has 0 aliphatic rings. The first-order valence-electron chi connectivity index (χ1n) is 6.48. The number of carbonyl (C=O) groups excluding carboxylic acids is 1. The van der Waals surface area contributed by atoms with Gasteiger partial charge in [-0.25, -0.2) is 8.78 Å². The van der Waals surface area contributed by atoms with E-state index in [-0.39, 0.29) is 18.5 Å². The molecule has 0 bridgehead atoms. The zero-order valence-corrected chi connectivity index (χ0v) is 11.8. The molecule has 0 saturated heterocycles. The zero-order valence-electron chi connectivity index (χ0n) is 11.8. The Kier molecular flexibility index (Phi) is 6.04. The minimum absolute atomic E-state index is 0.000635. The fourth-order valence-electron chi connectivity index (χ4n) is 1.72. The highest BCUT2D eigenvalue weighted by molar-refractivity contribution is 5.81. The summed E-state index contributed by atoms with van der Waals surface area (Å²) < 4.78 is 26.9. The predicted molar refractivity (Wildman–Crippen MR) is 72.1 cm³/mol. The van der Waals surface area contributed by atoms with E-state index in [0.29, 0.717) is 0 Å². The molecule has 0 saturated carbocycles. The van der Waals surface area contributed by atoms with Crippen molar-refractivity contribution >= 4 is 5.91 Å². The molecule has 0 aromatic heterocycles. The number of benzene rings is 1. The van der Waals surface area contributed by atoms with E-state index in [4.69, 9.17) is 0 Å². The molecule has 2 atom stereocenters. The molecular weight excluding hydrogens is 266 g/mol. The molecule has 3 N–H and O–H groups in total. The van der Waals surface area contributed by atoms with E-state index < -0.39 is 29.3 Å². The molecule has 0 radical (unpaired) electrons. The number of amides is 1. The van der Waals surface area contributed by atoms with E-state index in [0.717, 1.165) is 12.1 Å². The van der Waals surface area contributed by atoms with Crippen LogP contribution in [0, 0.1) is 11.6 Å². The topological polar surface area (TPSA) is 61.4 Å². The van der Waals surface area contributed by atoms with Gasteiger partial charge in [0, 0.05) is 12.6 Å². The summed E-state index contributed by atoms with van der Waals surface area (Å²) >= 11 is 0. The van der Waals surface area contributed by atoms with E-state index in [2.05, 4.69) is 10.6 Å². The lowest BCUT2D eigenvalue weighted by atomic mass is 10.1. The summed E-state index contributed by atoms with van der Waals surface area (Å²) in [6.45, 7) is 5.15. The van der Waals surface area contributed by atoms with E-state index in [1.807, 2.05) is 13.8 Å². The zero-order chi connectivity index (χ0) is 15.3. The number of aliphatic hydroxyl groups excluding tert-OH is 1. The Bertz CT molecular complexity index is 446. The monoisotopic (exact) mass is 286 g/mol. The Labute approximate surface area is 117 Å². The summed E-state index contributed by atoms with van der Waals surface area (Å²) in [4.78, 5) is 11.6. The van der Waals surface area contributed by atoms with Crippen LogP contribution < -0.4 is 10.6 Å². The van der Waals surface area contributed by atoms with Gasteiger partial charge in [0.1, 0.15) is 11.6 Å². The smallest absolute Gasteiger partial charge is 0.237 e. The van der Waals surface area contributed by atoms with E-state index in [9.17, 15) is 18.7 Å². The van der Waals surface area contributed by atoms with Gasteiger partial charge in [0.25, 0.3) is 0 Å². The SMILES string of the molecule is CC(C)NC(=O)C(C)NCC(O)c1c(F)cccc1F. The third-order valence-corrected chi connectivity index (χ3v) is 2.77. The molecule has 20 heavy (non-hydrogen) atoms. The Morgan fingerprint density at radius 1 is 1.25 bits per heavy atom. The van der Waals surface area contributed by atoms with Crippen LogP contribution in [0.5, 0.6) is 0 Å². The number of nitrogens with one attached hydrogen (secondary N) is 2. The van der Waals surface area contributed by atoms with Crippen molar-refractivity contribution in [3.05, 3.63) is 35.4 Å². The lowest BCUT2D eigenvalue weighted by Gasteiger charge is -2.19. The van der Waals surface area contributed by atoms with E-state index in [1.165, 1.54) is 6.07 Å². The van der Waals surface area contributed by atoms with E-state index >= 15 is 0 Å². The second kappa shape index (κ2) is 7.31. The maximum atomic E-state index is 13.4. The highest BCUT2D eigenvalue weighted by Crippen LogP contribution is 2.19. The summed E-state index contributed by atoms with van der Waals surface area (Å²) in [6.07, 6.45) is -1.36. The largest absolute Gasteiger partial charge is 0.387 e. The van der Waals surface area contributed by atoms with Crippen LogP contribution in [0.15, 0.2) is 18.2 Å². The van der Waals surface area contributed by atoms with Crippen LogP contribution in [0.4, 0.5) is 8.78 Å². The van der Waals surface area contributed by atoms with Crippen molar-refractivity contribution in [1.82, 2.24) is 10.6 Å². The van der Waals surface area contributed by atoms with Gasteiger partial charge in [-0.1, -0.05) is 6.07 Å². The molecule has 112 valence electrons. The first kappa shape index (κ1) is 16.5. The molecule has 2 unspecified atom stereocenters. The predicted octanol–water partition coefficient (Wildman–Crippen LogP) is 1.50. The fourth-order valence-corrected chi connectivity index (χ4v) is 1.72. The molecule has 1 rings (SSSR count). The Morgan fingerprint density at radius 3 is 2.30 bits per heavy atom. The van der Waals surface area contributed by atoms with Gasteiger partial charge in [-0.2, -0.15) is 0 Å². The standard InChI is InChI=1S/C14H20F2N2O2/c1-8(2)18-14(20)9(3)17-7-12(19)13-10(15)5-4-6-11(13)16/h4-6,8-9,12,17,19H,7H2,1-3H3,(H,18,20). The average molecular weight is 286 g/mol. The van der Waals surface area contributed by atoms with Crippen molar-refractivity contribution in [3.63, 3.8) is 0 Å². The summed E-state index contributed by atoms with van der Waals surface area (Å²) in [6, 6.07) is 2.82. The Balaban J connectivity index is 2.59. The second-order valence-electron chi connectivity index (χ2n) is 4.94. The third-order valence-electron chi connectivity index (χ3n) is 2.77. The number of rotatable bonds is 6. The summed E-state index contributed by atoms with van der Waals surface area (Å²) in [5.41, 5.74) is -0.392. The van der Waals surface area contributed by atoms with Crippen LogP contribution in [0.2, 0.25) is 0 Å². The second-order valence-corrected chi connectivity index (χ2v) is 4.94. The number of hydrogen-bond donors (Lipinski definition) is 3. The van der Waals surface area contributed by atoms with Crippen molar-refractivity contribution in [2.45, 2.75) is 39.0 Å². The quantitative estimate of drug-likeness (QED) is 0.742. The van der Waals surface area contributed by atoms with Gasteiger partial charge in [-0.05, 0) is 32.9 Å². The number of halogens is 2. The third kappa shape index (κ3) is 4.54. The highest BCUT2D eigenvalue weighted by atomic mass is 19.1. The lowest BCUT2D eigenvalue weighted by Crippen LogP contribution is -2.45. The Hall–Kier alpha value is -1.53. The van der Waals surface area contributed by atoms with Crippen LogP contribution in [0.25, 0.3) is 0 Å². The van der Waals surface area contributed by atoms with Gasteiger partial charge in [0.05, 0.1) is 17.7 Å². The molecule has 0 fully saturated rings. The van der Waals surface area contributed by atoms with Crippen LogP contribution in [-0.2, 0) is 4.79 Å². The maximum Gasteiger partial charge on any atom is 0.237 e. The van der Waals surface area contributed by atoms with Gasteiger partial charge >= 0.3 is 0 Å². The van der Waals surface area contributed by atoms with Crippen molar-refractivity contribution < 1.29 is 18.7 Å². The molecule has 1 aromatic rings. The summed E-state index contributed by atoms with van der Waals surface area (Å²) in [5.74, 6) is -1.85. The van der Waals surface area contributed by atoms with Gasteiger partial charge in [0.15, 0.2) is 0 Å². The molecule has 0 aliphatic heterocycles. The lowest BCUT2D eigenvalue weighted by molar-refractivity contribution is -0.123. The fraction of sp³-hybridized carbons (Fsp3) is 0.500. The van der Waals surface area contributed by atoms with Crippen LogP contribution >= 0.6 is 0 Å². The highest BCUT2D eigenvalue weighted by Gasteiger charge is 2.20. The molecular formula is C14H20F2N2O2. The van der Waals surface area contributed by atoms with Crippen molar-refractivity contribution in [2.75, 3.05) is 6.54 Å². The first-order valence-corrected chi connectivity index (χ1v) is 6.48. The van der Waals surface area contributed by atoms with Crippen molar-refractivity contribution in [2.24, 2.45) is 0 Å². The molecule has 6 heteroatoms. The van der Waals surface area contributed by atoms with Gasteiger partial charge in [0.2, 0.25) is 5.91 Å². The molecule has 4 nitrogen and oxygen atoms in total. The minimum atomic E-state index is -1.36. The van der Waals surface area contributed by atoms with Crippen LogP contribution in [-0.4, -0.2) is 29.6 Å². The Morgan fingerprint density at radius 2 is 1.80 bits per heavy atom. The van der Waals surface area contributed by atoms with E-state index in [1.54, 1.807) is 6.92 Å². The molecule has 1 aromatic carbocycles. The maximum absolute atomic E-state index is 13.4. The molecule has 0 aliphatic carbocycles. The van der Waals surface area contributed by atoms with Gasteiger partial charge in [-0.15, -0.1) is 0 Å². The van der Waals surface area contributed by atoms with Crippen molar-refractivity contribution in [1.29, 1.82) is 0 Å². The van der Waals surface area contributed by atoms with Crippen LogP contribution in [0.3, 0.4) is 0 Å². The number of aliphatic hydroxyl groups is 1. The van der Waals surface area contributed by atoms with Crippen molar-refractivity contribution in [3.8, 4) is 0 Å².